The number of hydrogen-bond acceptors (Lipinski definition) is 6. The van der Waals surface area contributed by atoms with Crippen molar-refractivity contribution in [3.63, 3.8) is 0 Å². The smallest absolute Gasteiger partial charge is 0.341 e. The van der Waals surface area contributed by atoms with E-state index >= 15 is 0 Å². The van der Waals surface area contributed by atoms with Gasteiger partial charge in [-0.1, -0.05) is 41.4 Å². The number of nitrogens with zero attached hydrogens (tertiary/aromatic N) is 4. The highest BCUT2D eigenvalue weighted by atomic mass is 35.5. The summed E-state index contributed by atoms with van der Waals surface area (Å²) in [5.41, 5.74) is 2.35. The third kappa shape index (κ3) is 4.51. The zero-order chi connectivity index (χ0) is 23.9. The first kappa shape index (κ1) is 22.4. The van der Waals surface area contributed by atoms with Crippen molar-refractivity contribution in [1.82, 2.24) is 19.5 Å². The molecule has 2 aromatic carbocycles. The molecule has 0 amide bonds. The molecule has 0 aliphatic heterocycles. The molecule has 0 radical (unpaired) electrons. The Hall–Kier alpha value is -3.36. The summed E-state index contributed by atoms with van der Waals surface area (Å²) in [5, 5.41) is 9.84. The maximum Gasteiger partial charge on any atom is 0.341 e. The van der Waals surface area contributed by atoms with Crippen LogP contribution in [0.4, 0.5) is 0 Å². The van der Waals surface area contributed by atoms with E-state index in [9.17, 15) is 4.79 Å². The molecule has 0 atom stereocenters. The topological polar surface area (TPSA) is 99.4 Å². The van der Waals surface area contributed by atoms with Gasteiger partial charge in [0.1, 0.15) is 23.5 Å². The van der Waals surface area contributed by atoms with Gasteiger partial charge in [-0.05, 0) is 49.6 Å². The average molecular weight is 499 g/mol. The summed E-state index contributed by atoms with van der Waals surface area (Å²) in [6.45, 7) is 1.94. The van der Waals surface area contributed by atoms with E-state index in [1.54, 1.807) is 18.2 Å². The van der Waals surface area contributed by atoms with Crippen LogP contribution in [-0.4, -0.2) is 42.8 Å². The van der Waals surface area contributed by atoms with Gasteiger partial charge in [-0.15, -0.1) is 0 Å². The highest BCUT2D eigenvalue weighted by Gasteiger charge is 2.41. The summed E-state index contributed by atoms with van der Waals surface area (Å²) in [6.07, 6.45) is 3.35. The Morgan fingerprint density at radius 3 is 2.71 bits per heavy atom. The van der Waals surface area contributed by atoms with Gasteiger partial charge in [0.2, 0.25) is 5.88 Å². The zero-order valence-corrected chi connectivity index (χ0v) is 19.7. The van der Waals surface area contributed by atoms with E-state index in [-0.39, 0.29) is 16.4 Å². The molecule has 34 heavy (non-hydrogen) atoms. The minimum Gasteiger partial charge on any atom is -0.480 e. The van der Waals surface area contributed by atoms with Crippen LogP contribution in [0.2, 0.25) is 10.0 Å². The third-order valence-corrected chi connectivity index (χ3v) is 6.21. The molecular formula is C24H20Cl2N4O4. The summed E-state index contributed by atoms with van der Waals surface area (Å²) < 4.78 is 13.4. The molecular weight excluding hydrogens is 479 g/mol. The summed E-state index contributed by atoms with van der Waals surface area (Å²) in [6, 6.07) is 12.6. The van der Waals surface area contributed by atoms with E-state index in [1.807, 2.05) is 35.8 Å². The SMILES string of the molecule is CC1(Oc2ncnc3c2nc(-c2cccc(OCC(=O)O)c2Cl)n3Cc2cccc(Cl)c2)CC1. The number of aromatic nitrogens is 4. The number of rotatable bonds is 8. The molecule has 4 aromatic rings. The largest absolute Gasteiger partial charge is 0.480 e. The number of hydrogen-bond donors (Lipinski definition) is 1. The van der Waals surface area contributed by atoms with Gasteiger partial charge >= 0.3 is 5.97 Å². The molecule has 0 unspecified atom stereocenters. The number of carboxylic acid groups (broad SMARTS) is 1. The highest BCUT2D eigenvalue weighted by molar-refractivity contribution is 6.34. The number of benzene rings is 2. The van der Waals surface area contributed by atoms with Gasteiger partial charge in [-0.3, -0.25) is 0 Å². The van der Waals surface area contributed by atoms with E-state index < -0.39 is 12.6 Å². The molecule has 0 spiro atoms. The van der Waals surface area contributed by atoms with Crippen molar-refractivity contribution >= 4 is 40.3 Å². The van der Waals surface area contributed by atoms with Crippen LogP contribution in [-0.2, 0) is 11.3 Å². The zero-order valence-electron chi connectivity index (χ0n) is 18.2. The fourth-order valence-corrected chi connectivity index (χ4v) is 4.09. The van der Waals surface area contributed by atoms with Crippen LogP contribution in [0.25, 0.3) is 22.6 Å². The monoisotopic (exact) mass is 498 g/mol. The van der Waals surface area contributed by atoms with Crippen LogP contribution in [0.15, 0.2) is 48.8 Å². The maximum absolute atomic E-state index is 11.0. The van der Waals surface area contributed by atoms with Gasteiger partial charge in [-0.25, -0.2) is 14.8 Å². The number of ether oxygens (including phenoxy) is 2. The van der Waals surface area contributed by atoms with Gasteiger partial charge in [0.25, 0.3) is 0 Å². The number of carbonyl (C=O) groups is 1. The quantitative estimate of drug-likeness (QED) is 0.354. The van der Waals surface area contributed by atoms with Crippen molar-refractivity contribution in [2.75, 3.05) is 6.61 Å². The summed E-state index contributed by atoms with van der Waals surface area (Å²) in [4.78, 5) is 24.6. The lowest BCUT2D eigenvalue weighted by Crippen LogP contribution is -2.13. The normalized spacial score (nSPS) is 14.2. The van der Waals surface area contributed by atoms with E-state index in [2.05, 4.69) is 9.97 Å². The first-order chi connectivity index (χ1) is 16.3. The minimum absolute atomic E-state index is 0.246. The minimum atomic E-state index is -1.10. The Balaban J connectivity index is 1.66. The Kier molecular flexibility index (Phi) is 5.79. The van der Waals surface area contributed by atoms with Gasteiger partial charge in [-0.2, -0.15) is 4.98 Å². The van der Waals surface area contributed by atoms with Crippen LogP contribution in [0, 0.1) is 0 Å². The fraction of sp³-hybridized carbons (Fsp3) is 0.250. The first-order valence-electron chi connectivity index (χ1n) is 10.6. The maximum atomic E-state index is 11.0. The molecule has 10 heteroatoms. The Morgan fingerprint density at radius 1 is 1.18 bits per heavy atom. The van der Waals surface area contributed by atoms with Gasteiger partial charge < -0.3 is 19.1 Å². The highest BCUT2D eigenvalue weighted by Crippen LogP contribution is 2.42. The second-order valence-electron chi connectivity index (χ2n) is 8.35. The number of fused-ring (bicyclic) bond motifs is 1. The lowest BCUT2D eigenvalue weighted by molar-refractivity contribution is -0.139. The first-order valence-corrected chi connectivity index (χ1v) is 11.4. The van der Waals surface area contributed by atoms with Crippen molar-refractivity contribution in [1.29, 1.82) is 0 Å². The molecule has 174 valence electrons. The number of halogens is 2. The molecule has 1 aliphatic carbocycles. The van der Waals surface area contributed by atoms with Crippen LogP contribution in [0.3, 0.4) is 0 Å². The predicted octanol–water partition coefficient (Wildman–Crippen LogP) is 5.24. The molecule has 2 heterocycles. The number of aliphatic carboxylic acids is 1. The Morgan fingerprint density at radius 2 is 1.97 bits per heavy atom. The van der Waals surface area contributed by atoms with Crippen molar-refractivity contribution in [3.05, 3.63) is 64.4 Å². The summed E-state index contributed by atoms with van der Waals surface area (Å²) in [5.74, 6) is 0.0776. The van der Waals surface area contributed by atoms with Crippen molar-refractivity contribution in [2.45, 2.75) is 31.9 Å². The van der Waals surface area contributed by atoms with Crippen molar-refractivity contribution in [3.8, 4) is 23.0 Å². The number of imidazole rings is 1. The lowest BCUT2D eigenvalue weighted by Gasteiger charge is -2.13. The van der Waals surface area contributed by atoms with E-state index in [0.29, 0.717) is 40.0 Å². The fourth-order valence-electron chi connectivity index (χ4n) is 3.61. The molecule has 1 aliphatic rings. The second-order valence-corrected chi connectivity index (χ2v) is 9.17. The van der Waals surface area contributed by atoms with Crippen molar-refractivity contribution in [2.24, 2.45) is 0 Å². The van der Waals surface area contributed by atoms with Gasteiger partial charge in [0.05, 0.1) is 11.6 Å². The molecule has 1 N–H and O–H groups in total. The molecule has 5 rings (SSSR count). The van der Waals surface area contributed by atoms with Gasteiger partial charge in [0.15, 0.2) is 17.8 Å². The average Bonchev–Trinajstić information content (AvgIpc) is 3.41. The van der Waals surface area contributed by atoms with Crippen LogP contribution in [0.1, 0.15) is 25.3 Å². The van der Waals surface area contributed by atoms with Crippen molar-refractivity contribution < 1.29 is 19.4 Å². The molecule has 1 fully saturated rings. The van der Waals surface area contributed by atoms with Crippen LogP contribution >= 0.6 is 23.2 Å². The molecule has 2 aromatic heterocycles. The lowest BCUT2D eigenvalue weighted by atomic mass is 10.2. The third-order valence-electron chi connectivity index (χ3n) is 5.58. The molecule has 8 nitrogen and oxygen atoms in total. The van der Waals surface area contributed by atoms with E-state index in [4.69, 9.17) is 42.8 Å². The van der Waals surface area contributed by atoms with E-state index in [1.165, 1.54) is 6.33 Å². The van der Waals surface area contributed by atoms with E-state index in [0.717, 1.165) is 18.4 Å². The number of carboxylic acids is 1. The second kappa shape index (κ2) is 8.77. The molecule has 0 saturated heterocycles. The Labute approximate surface area is 205 Å². The molecule has 0 bridgehead atoms. The van der Waals surface area contributed by atoms with Gasteiger partial charge in [0, 0.05) is 10.6 Å². The van der Waals surface area contributed by atoms with Crippen LogP contribution in [0.5, 0.6) is 11.6 Å². The summed E-state index contributed by atoms with van der Waals surface area (Å²) in [7, 11) is 0. The standard InChI is InChI=1S/C24H20Cl2N4O4/c1-24(8-9-24)34-23-20-22(27-13-28-23)30(11-14-4-2-5-15(25)10-14)21(29-20)16-6-3-7-17(19(16)26)33-12-18(31)32/h2-7,10,13H,8-9,11-12H2,1H3,(H,31,32). The summed E-state index contributed by atoms with van der Waals surface area (Å²) >= 11 is 12.9. The van der Waals surface area contributed by atoms with Crippen LogP contribution < -0.4 is 9.47 Å². The molecule has 1 saturated carbocycles. The Bertz CT molecular complexity index is 1400. The predicted molar refractivity (Wildman–Crippen MR) is 128 cm³/mol.